The predicted octanol–water partition coefficient (Wildman–Crippen LogP) is 4.86. The van der Waals surface area contributed by atoms with Crippen LogP contribution in [0.1, 0.15) is 39.5 Å². The van der Waals surface area contributed by atoms with Gasteiger partial charge in [0.1, 0.15) is 5.82 Å². The van der Waals surface area contributed by atoms with E-state index >= 15 is 0 Å². The normalized spacial score (nSPS) is 10.8. The number of nitrogens with one attached hydrogen (secondary N) is 1. The van der Waals surface area contributed by atoms with Crippen molar-refractivity contribution in [3.8, 4) is 0 Å². The first-order valence-electron chi connectivity index (χ1n) is 5.89. The van der Waals surface area contributed by atoms with E-state index in [0.717, 1.165) is 25.7 Å². The summed E-state index contributed by atoms with van der Waals surface area (Å²) < 4.78 is 13.5. The average Bonchev–Trinajstić information content (AvgIpc) is 2.24. The number of benzene rings is 1. The molecule has 0 aliphatic carbocycles. The van der Waals surface area contributed by atoms with Crippen LogP contribution in [-0.2, 0) is 0 Å². The Hall–Kier alpha value is -0.760. The number of halogens is 2. The molecule has 0 aliphatic heterocycles. The number of anilines is 1. The molecule has 0 amide bonds. The van der Waals surface area contributed by atoms with Gasteiger partial charge in [0.15, 0.2) is 0 Å². The van der Waals surface area contributed by atoms with Crippen LogP contribution in [0.5, 0.6) is 0 Å². The maximum atomic E-state index is 13.5. The second-order valence-electron chi connectivity index (χ2n) is 4.04. The topological polar surface area (TPSA) is 12.0 Å². The highest BCUT2D eigenvalue weighted by molar-refractivity contribution is 6.30. The van der Waals surface area contributed by atoms with E-state index in [1.165, 1.54) is 6.07 Å². The van der Waals surface area contributed by atoms with E-state index < -0.39 is 0 Å². The van der Waals surface area contributed by atoms with E-state index in [-0.39, 0.29) is 5.82 Å². The SMILES string of the molecule is CCCC(CCC)Nc1cc(Cl)ccc1F. The molecule has 1 rings (SSSR count). The van der Waals surface area contributed by atoms with Crippen molar-refractivity contribution in [2.45, 2.75) is 45.6 Å². The molecule has 0 radical (unpaired) electrons. The van der Waals surface area contributed by atoms with Gasteiger partial charge in [-0.15, -0.1) is 0 Å². The Morgan fingerprint density at radius 1 is 1.25 bits per heavy atom. The van der Waals surface area contributed by atoms with Crippen LogP contribution in [0, 0.1) is 5.82 Å². The Morgan fingerprint density at radius 3 is 2.44 bits per heavy atom. The number of rotatable bonds is 6. The van der Waals surface area contributed by atoms with Gasteiger partial charge in [0, 0.05) is 11.1 Å². The molecule has 1 nitrogen and oxygen atoms in total. The lowest BCUT2D eigenvalue weighted by molar-refractivity contribution is 0.574. The smallest absolute Gasteiger partial charge is 0.146 e. The lowest BCUT2D eigenvalue weighted by atomic mass is 10.1. The second kappa shape index (κ2) is 6.74. The summed E-state index contributed by atoms with van der Waals surface area (Å²) in [7, 11) is 0. The highest BCUT2D eigenvalue weighted by atomic mass is 35.5. The van der Waals surface area contributed by atoms with Crippen molar-refractivity contribution < 1.29 is 4.39 Å². The fraction of sp³-hybridized carbons (Fsp3) is 0.538. The lowest BCUT2D eigenvalue weighted by Gasteiger charge is -2.19. The molecule has 0 unspecified atom stereocenters. The molecule has 0 heterocycles. The number of hydrogen-bond acceptors (Lipinski definition) is 1. The van der Waals surface area contributed by atoms with E-state index in [4.69, 9.17) is 11.6 Å². The van der Waals surface area contributed by atoms with Gasteiger partial charge in [0.2, 0.25) is 0 Å². The first-order valence-corrected chi connectivity index (χ1v) is 6.26. The third-order valence-corrected chi connectivity index (χ3v) is 2.80. The maximum Gasteiger partial charge on any atom is 0.146 e. The van der Waals surface area contributed by atoms with Crippen LogP contribution in [0.15, 0.2) is 18.2 Å². The minimum atomic E-state index is -0.235. The molecular formula is C13H19ClFN. The van der Waals surface area contributed by atoms with Crippen LogP contribution in [0.4, 0.5) is 10.1 Å². The van der Waals surface area contributed by atoms with E-state index in [0.29, 0.717) is 16.8 Å². The molecule has 3 heteroatoms. The molecule has 0 atom stereocenters. The van der Waals surface area contributed by atoms with Gasteiger partial charge in [0.05, 0.1) is 5.69 Å². The highest BCUT2D eigenvalue weighted by Gasteiger charge is 2.09. The first kappa shape index (κ1) is 13.3. The van der Waals surface area contributed by atoms with Gasteiger partial charge in [0.25, 0.3) is 0 Å². The Morgan fingerprint density at radius 2 is 1.88 bits per heavy atom. The summed E-state index contributed by atoms with van der Waals surface area (Å²) in [5.74, 6) is -0.235. The van der Waals surface area contributed by atoms with Gasteiger partial charge in [-0.3, -0.25) is 0 Å². The molecule has 16 heavy (non-hydrogen) atoms. The molecule has 0 saturated carbocycles. The van der Waals surface area contributed by atoms with Gasteiger partial charge in [-0.2, -0.15) is 0 Å². The Bertz CT molecular complexity index is 322. The monoisotopic (exact) mass is 243 g/mol. The van der Waals surface area contributed by atoms with Gasteiger partial charge in [-0.25, -0.2) is 4.39 Å². The van der Waals surface area contributed by atoms with Gasteiger partial charge in [-0.05, 0) is 31.0 Å². The first-order chi connectivity index (χ1) is 7.67. The molecule has 1 aromatic carbocycles. The molecule has 90 valence electrons. The van der Waals surface area contributed by atoms with Crippen LogP contribution < -0.4 is 5.32 Å². The molecule has 0 bridgehead atoms. The van der Waals surface area contributed by atoms with Crippen molar-refractivity contribution in [3.05, 3.63) is 29.0 Å². The minimum absolute atomic E-state index is 0.235. The molecule has 0 aliphatic rings. The van der Waals surface area contributed by atoms with Crippen molar-refractivity contribution in [1.29, 1.82) is 0 Å². The highest BCUT2D eigenvalue weighted by Crippen LogP contribution is 2.22. The van der Waals surface area contributed by atoms with Crippen molar-refractivity contribution in [3.63, 3.8) is 0 Å². The van der Waals surface area contributed by atoms with E-state index in [2.05, 4.69) is 19.2 Å². The minimum Gasteiger partial charge on any atom is -0.380 e. The van der Waals surface area contributed by atoms with Crippen LogP contribution in [0.25, 0.3) is 0 Å². The van der Waals surface area contributed by atoms with Crippen molar-refractivity contribution >= 4 is 17.3 Å². The van der Waals surface area contributed by atoms with Gasteiger partial charge >= 0.3 is 0 Å². The summed E-state index contributed by atoms with van der Waals surface area (Å²) >= 11 is 5.85. The Labute approximate surface area is 102 Å². The van der Waals surface area contributed by atoms with Crippen molar-refractivity contribution in [2.24, 2.45) is 0 Å². The summed E-state index contributed by atoms with van der Waals surface area (Å²) in [6.45, 7) is 4.28. The van der Waals surface area contributed by atoms with Crippen LogP contribution >= 0.6 is 11.6 Å². The molecule has 0 saturated heterocycles. The fourth-order valence-electron chi connectivity index (χ4n) is 1.81. The predicted molar refractivity (Wildman–Crippen MR) is 68.6 cm³/mol. The molecule has 1 aromatic rings. The third kappa shape index (κ3) is 4.01. The van der Waals surface area contributed by atoms with Crippen molar-refractivity contribution in [2.75, 3.05) is 5.32 Å². The second-order valence-corrected chi connectivity index (χ2v) is 4.48. The summed E-state index contributed by atoms with van der Waals surface area (Å²) in [6, 6.07) is 4.95. The van der Waals surface area contributed by atoms with E-state index in [9.17, 15) is 4.39 Å². The standard InChI is InChI=1S/C13H19ClFN/c1-3-5-11(6-4-2)16-13-9-10(14)7-8-12(13)15/h7-9,11,16H,3-6H2,1-2H3. The van der Waals surface area contributed by atoms with Crippen LogP contribution in [0.2, 0.25) is 5.02 Å². The van der Waals surface area contributed by atoms with E-state index in [1.54, 1.807) is 12.1 Å². The zero-order valence-electron chi connectivity index (χ0n) is 9.89. The molecule has 0 spiro atoms. The molecule has 0 aromatic heterocycles. The third-order valence-electron chi connectivity index (χ3n) is 2.56. The van der Waals surface area contributed by atoms with Crippen LogP contribution in [0.3, 0.4) is 0 Å². The van der Waals surface area contributed by atoms with Gasteiger partial charge < -0.3 is 5.32 Å². The van der Waals surface area contributed by atoms with Gasteiger partial charge in [-0.1, -0.05) is 38.3 Å². The quantitative estimate of drug-likeness (QED) is 0.752. The summed E-state index contributed by atoms with van der Waals surface area (Å²) in [4.78, 5) is 0. The fourth-order valence-corrected chi connectivity index (χ4v) is 1.99. The van der Waals surface area contributed by atoms with Crippen LogP contribution in [-0.4, -0.2) is 6.04 Å². The van der Waals surface area contributed by atoms with Crippen molar-refractivity contribution in [1.82, 2.24) is 0 Å². The Balaban J connectivity index is 2.71. The summed E-state index contributed by atoms with van der Waals surface area (Å²) in [5, 5.41) is 3.80. The van der Waals surface area contributed by atoms with E-state index in [1.807, 2.05) is 0 Å². The molecule has 1 N–H and O–H groups in total. The molecule has 0 fully saturated rings. The largest absolute Gasteiger partial charge is 0.380 e. The zero-order valence-corrected chi connectivity index (χ0v) is 10.6. The zero-order chi connectivity index (χ0) is 12.0. The molecular weight excluding hydrogens is 225 g/mol. The number of hydrogen-bond donors (Lipinski definition) is 1. The lowest BCUT2D eigenvalue weighted by Crippen LogP contribution is -2.19. The summed E-state index contributed by atoms with van der Waals surface area (Å²) in [5.41, 5.74) is 0.513. The summed E-state index contributed by atoms with van der Waals surface area (Å²) in [6.07, 6.45) is 4.30. The maximum absolute atomic E-state index is 13.5. The Kier molecular flexibility index (Phi) is 5.61. The average molecular weight is 244 g/mol.